The summed E-state index contributed by atoms with van der Waals surface area (Å²) < 4.78 is 21.0. The van der Waals surface area contributed by atoms with Crippen LogP contribution in [-0.2, 0) is 32.7 Å². The average Bonchev–Trinajstić information content (AvgIpc) is 4.45. The predicted octanol–water partition coefficient (Wildman–Crippen LogP) is 21.7. The van der Waals surface area contributed by atoms with Gasteiger partial charge in [0.05, 0.1) is 63.7 Å². The first-order chi connectivity index (χ1) is 39.8. The Bertz CT molecular complexity index is 2160. The molecule has 5 heterocycles. The van der Waals surface area contributed by atoms with Crippen molar-refractivity contribution in [3.05, 3.63) is 126 Å². The van der Waals surface area contributed by atoms with Gasteiger partial charge in [0.2, 0.25) is 31.6 Å². The molecule has 0 amide bonds. The zero-order valence-electron chi connectivity index (χ0n) is 53.5. The first-order valence-electron chi connectivity index (χ1n) is 33.3. The molecule has 0 aromatic carbocycles. The molecule has 10 nitrogen and oxygen atoms in total. The predicted molar refractivity (Wildman–Crippen MR) is 383 cm³/mol. The number of hydrogen-bond acceptors (Lipinski definition) is 0. The van der Waals surface area contributed by atoms with E-state index in [-0.39, 0.29) is 37.1 Å². The third-order valence-electron chi connectivity index (χ3n) is 15.0. The summed E-state index contributed by atoms with van der Waals surface area (Å²) in [5, 5.41) is 0. The van der Waals surface area contributed by atoms with Gasteiger partial charge in [0, 0.05) is 0 Å². The minimum absolute atomic E-state index is 0. The first-order valence-corrected chi connectivity index (χ1v) is 33.3. The van der Waals surface area contributed by atoms with E-state index in [1.165, 1.54) is 231 Å². The Labute approximate surface area is 536 Å². The van der Waals surface area contributed by atoms with E-state index in [1.807, 2.05) is 78.8 Å². The lowest BCUT2D eigenvalue weighted by atomic mass is 10.0. The van der Waals surface area contributed by atoms with Crippen molar-refractivity contribution in [1.82, 2.24) is 22.8 Å². The van der Waals surface area contributed by atoms with Gasteiger partial charge >= 0.3 is 0 Å². The summed E-state index contributed by atoms with van der Waals surface area (Å²) in [6, 6.07) is 0. The Morgan fingerprint density at radius 3 is 0.512 bits per heavy atom. The summed E-state index contributed by atoms with van der Waals surface area (Å²) in [5.74, 6) is 0. The summed E-state index contributed by atoms with van der Waals surface area (Å²) in [6.45, 7) is 35.5. The molecule has 0 N–H and O–H groups in total. The van der Waals surface area contributed by atoms with Crippen molar-refractivity contribution in [2.75, 3.05) is 0 Å². The average molecular weight is 1200 g/mol. The van der Waals surface area contributed by atoms with Crippen molar-refractivity contribution >= 4 is 31.0 Å². The zero-order valence-corrected chi connectivity index (χ0v) is 53.5. The third kappa shape index (κ3) is 51.9. The van der Waals surface area contributed by atoms with Crippen molar-refractivity contribution in [3.8, 4) is 0 Å². The van der Waals surface area contributed by atoms with Crippen LogP contribution >= 0.6 is 0 Å². The van der Waals surface area contributed by atoms with Gasteiger partial charge in [-0.15, -0.1) is 0 Å². The minimum atomic E-state index is 0. The summed E-state index contributed by atoms with van der Waals surface area (Å²) in [5.41, 5.74) is 0. The molecule has 5 rings (SSSR count). The monoisotopic (exact) mass is 1200 g/mol. The Kier molecular flexibility index (Phi) is 70.0. The Morgan fingerprint density at radius 2 is 0.360 bits per heavy atom. The quantitative estimate of drug-likeness (QED) is 0.0275. The maximum Gasteiger partial charge on any atom is 0.248 e. The van der Waals surface area contributed by atoms with E-state index in [9.17, 15) is 0 Å². The molecule has 0 bridgehead atoms. The molecule has 5 aromatic rings. The Morgan fingerprint density at radius 1 is 0.221 bits per heavy atom. The van der Waals surface area contributed by atoms with Crippen LogP contribution in [0.5, 0.6) is 0 Å². The number of aryl methyl sites for hydroxylation is 5. The van der Waals surface area contributed by atoms with Crippen LogP contribution in [0.1, 0.15) is 303 Å². The minimum Gasteiger partial charge on any atom is -0.236 e. The molecule has 0 atom stereocenters. The van der Waals surface area contributed by atoms with E-state index >= 15 is 0 Å². The molecule has 5 aromatic heterocycles. The Balaban J connectivity index is -0.000000320. The number of aromatic nitrogens is 10. The number of hydrogen-bond donors (Lipinski definition) is 0. The first kappa shape index (κ1) is 89.5. The fourth-order valence-corrected chi connectivity index (χ4v) is 9.66. The molecule has 0 aliphatic rings. The molecular formula is C76H147N10+5. The molecule has 0 fully saturated rings. The smallest absolute Gasteiger partial charge is 0.236 e. The molecule has 0 saturated heterocycles. The van der Waals surface area contributed by atoms with Gasteiger partial charge in [0.25, 0.3) is 0 Å². The van der Waals surface area contributed by atoms with Crippen LogP contribution in [0.25, 0.3) is 31.0 Å². The van der Waals surface area contributed by atoms with E-state index in [1.54, 1.807) is 6.20 Å². The van der Waals surface area contributed by atoms with Gasteiger partial charge in [0.15, 0.2) is 0 Å². The maximum absolute atomic E-state index is 3.77. The van der Waals surface area contributed by atoms with Gasteiger partial charge in [-0.05, 0) is 57.8 Å². The molecule has 0 aliphatic carbocycles. The van der Waals surface area contributed by atoms with Crippen LogP contribution < -0.4 is 22.8 Å². The summed E-state index contributed by atoms with van der Waals surface area (Å²) in [7, 11) is 0. The molecule has 86 heavy (non-hydrogen) atoms. The van der Waals surface area contributed by atoms with Gasteiger partial charge in [-0.25, -0.2) is 45.7 Å². The highest BCUT2D eigenvalue weighted by Gasteiger charge is 2.04. The standard InChI is InChI=1S/C21H39N2.C17H31N2.C13H23N2.C11H19N2.C9H15N2.5CH4/c1-3-5-6-7-8-9-10-11-12-13-14-15-16-17-18-23-20-19-22(4-2)21-23;1-3-5-6-7-8-9-10-11-12-13-14-19-16-15-18(4-2)17-19;1-3-5-6-7-8-9-10-15-12-11-14(4-2)13-15;1-3-5-6-7-8-13-10-9-12(4-2)11-13;1-3-5-6-11-8-7-10(4-2)9-11;;;;;/h4,19-21H,2-3,5-18H2,1H3;4,15-17H,2-3,5-14H2,1H3;4,11-13H,2-3,5-10H2,1H3;4,9-11H,2-3,5-8H2,1H3;4,7-9H,2-3,5-6H2,1H3;5*1H4/q5*+1;;;;;. The molecule has 496 valence electrons. The largest absolute Gasteiger partial charge is 0.248 e. The molecule has 10 heteroatoms. The topological polar surface area (TPSA) is 44.0 Å². The lowest BCUT2D eigenvalue weighted by Gasteiger charge is -2.03. The van der Waals surface area contributed by atoms with Crippen LogP contribution in [0.3, 0.4) is 0 Å². The fourth-order valence-electron chi connectivity index (χ4n) is 9.66. The number of unbranched alkanes of at least 4 members (excludes halogenated alkanes) is 31. The number of rotatable bonds is 46. The van der Waals surface area contributed by atoms with Crippen molar-refractivity contribution in [2.24, 2.45) is 0 Å². The van der Waals surface area contributed by atoms with E-state index < -0.39 is 0 Å². The van der Waals surface area contributed by atoms with Gasteiger partial charge in [0.1, 0.15) is 62.0 Å². The van der Waals surface area contributed by atoms with Gasteiger partial charge in [-0.2, -0.15) is 0 Å². The second-order valence-electron chi connectivity index (χ2n) is 22.4. The molecule has 0 aliphatic heterocycles. The van der Waals surface area contributed by atoms with E-state index in [4.69, 9.17) is 0 Å². The lowest BCUT2D eigenvalue weighted by Crippen LogP contribution is -2.30. The normalized spacial score (nSPS) is 9.97. The van der Waals surface area contributed by atoms with Crippen LogP contribution in [0.2, 0.25) is 0 Å². The van der Waals surface area contributed by atoms with Crippen LogP contribution in [0.4, 0.5) is 0 Å². The van der Waals surface area contributed by atoms with Crippen molar-refractivity contribution in [3.63, 3.8) is 0 Å². The van der Waals surface area contributed by atoms with Crippen molar-refractivity contribution < 1.29 is 22.8 Å². The molecule has 0 radical (unpaired) electrons. The molecular weight excluding hydrogens is 1050 g/mol. The lowest BCUT2D eigenvalue weighted by molar-refractivity contribution is -0.696. The van der Waals surface area contributed by atoms with E-state index in [2.05, 4.69) is 153 Å². The van der Waals surface area contributed by atoms with Crippen LogP contribution in [0, 0.1) is 0 Å². The summed E-state index contributed by atoms with van der Waals surface area (Å²) in [4.78, 5) is 0. The Hall–Kier alpha value is -5.25. The SMILES string of the molecule is C.C.C.C.C.C=Cn1cc[n+](CCCC)c1.C=Cn1cc[n+](CCCCCC)c1.C=Cn1cc[n+](CCCCCCCC)c1.C=Cn1cc[n+](CCCCCCCCCCCC)c1.C=Cn1cc[n+](CCCCCCCCCCCCCCCC)c1. The summed E-state index contributed by atoms with van der Waals surface area (Å²) >= 11 is 0. The van der Waals surface area contributed by atoms with Crippen LogP contribution in [-0.4, -0.2) is 22.8 Å². The van der Waals surface area contributed by atoms with E-state index in [0.29, 0.717) is 0 Å². The van der Waals surface area contributed by atoms with Crippen molar-refractivity contribution in [2.45, 2.75) is 336 Å². The maximum atomic E-state index is 3.77. The number of imidazole rings is 5. The second kappa shape index (κ2) is 67.3. The highest BCUT2D eigenvalue weighted by Crippen LogP contribution is 2.14. The summed E-state index contributed by atoms with van der Waals surface area (Å²) in [6.07, 6.45) is 90.0. The third-order valence-corrected chi connectivity index (χ3v) is 15.0. The van der Waals surface area contributed by atoms with Gasteiger partial charge < -0.3 is 0 Å². The molecule has 0 unspecified atom stereocenters. The second-order valence-corrected chi connectivity index (χ2v) is 22.4. The van der Waals surface area contributed by atoms with Crippen LogP contribution in [0.15, 0.2) is 126 Å². The highest BCUT2D eigenvalue weighted by atomic mass is 15.1. The zero-order chi connectivity index (χ0) is 58.9. The van der Waals surface area contributed by atoms with Crippen molar-refractivity contribution in [1.29, 1.82) is 0 Å². The highest BCUT2D eigenvalue weighted by molar-refractivity contribution is 5.15. The van der Waals surface area contributed by atoms with E-state index in [0.717, 1.165) is 32.7 Å². The van der Waals surface area contributed by atoms with Gasteiger partial charge in [-0.3, -0.25) is 0 Å². The van der Waals surface area contributed by atoms with Gasteiger partial charge in [-0.1, -0.05) is 278 Å². The molecule has 0 saturated carbocycles. The fraction of sp³-hybridized carbons (Fsp3) is 0.671. The number of nitrogens with zero attached hydrogens (tertiary/aromatic N) is 10. The molecule has 0 spiro atoms.